The largest absolute Gasteiger partial charge is 0.383 e. The fourth-order valence-corrected chi connectivity index (χ4v) is 2.34. The number of guanidine groups is 1. The van der Waals surface area contributed by atoms with Crippen LogP contribution in [0.2, 0.25) is 0 Å². The molecule has 0 aromatic carbocycles. The van der Waals surface area contributed by atoms with Crippen LogP contribution in [0.4, 0.5) is 0 Å². The van der Waals surface area contributed by atoms with Gasteiger partial charge in [0.1, 0.15) is 0 Å². The third-order valence-corrected chi connectivity index (χ3v) is 3.78. The van der Waals surface area contributed by atoms with Crippen LogP contribution in [0.1, 0.15) is 13.8 Å². The first-order chi connectivity index (χ1) is 10.6. The fourth-order valence-electron chi connectivity index (χ4n) is 2.34. The maximum Gasteiger partial charge on any atom is 0.219 e. The molecule has 0 spiro atoms. The number of nitrogens with one attached hydrogen (secondary N) is 1. The van der Waals surface area contributed by atoms with Gasteiger partial charge in [-0.05, 0) is 14.0 Å². The second-order valence-corrected chi connectivity index (χ2v) is 5.52. The minimum atomic E-state index is 0. The number of carbonyl (C=O) groups is 1. The molecule has 7 nitrogen and oxygen atoms in total. The number of likely N-dealkylation sites (N-methyl/N-ethyl adjacent to an activating group) is 1. The zero-order chi connectivity index (χ0) is 16.4. The number of methoxy groups -OCH3 is 1. The highest BCUT2D eigenvalue weighted by Crippen LogP contribution is 2.02. The lowest BCUT2D eigenvalue weighted by atomic mass is 10.3. The van der Waals surface area contributed by atoms with Crippen molar-refractivity contribution in [2.24, 2.45) is 4.99 Å². The molecule has 1 aliphatic heterocycles. The van der Waals surface area contributed by atoms with Crippen molar-refractivity contribution in [3.8, 4) is 0 Å². The smallest absolute Gasteiger partial charge is 0.219 e. The second kappa shape index (κ2) is 12.8. The Morgan fingerprint density at radius 1 is 1.22 bits per heavy atom. The normalized spacial score (nSPS) is 15.6. The van der Waals surface area contributed by atoms with Crippen molar-refractivity contribution in [3.63, 3.8) is 0 Å². The zero-order valence-corrected chi connectivity index (χ0v) is 17.2. The van der Waals surface area contributed by atoms with E-state index in [0.29, 0.717) is 0 Å². The van der Waals surface area contributed by atoms with E-state index in [2.05, 4.69) is 29.1 Å². The second-order valence-electron chi connectivity index (χ2n) is 5.52. The lowest BCUT2D eigenvalue weighted by molar-refractivity contribution is -0.130. The van der Waals surface area contributed by atoms with Gasteiger partial charge >= 0.3 is 0 Å². The minimum absolute atomic E-state index is 0. The van der Waals surface area contributed by atoms with E-state index in [1.807, 2.05) is 4.90 Å². The lowest BCUT2D eigenvalue weighted by Gasteiger charge is -2.36. The summed E-state index contributed by atoms with van der Waals surface area (Å²) in [7, 11) is 3.79. The third-order valence-electron chi connectivity index (χ3n) is 3.78. The van der Waals surface area contributed by atoms with Crippen LogP contribution < -0.4 is 5.32 Å². The average molecular weight is 441 g/mol. The molecule has 1 saturated heterocycles. The molecule has 0 aromatic rings. The van der Waals surface area contributed by atoms with E-state index in [1.54, 1.807) is 14.0 Å². The Labute approximate surface area is 157 Å². The number of aliphatic imine (C=N–C) groups is 1. The molecule has 0 aromatic heterocycles. The van der Waals surface area contributed by atoms with Gasteiger partial charge in [0.25, 0.3) is 0 Å². The van der Waals surface area contributed by atoms with Gasteiger partial charge in [0.15, 0.2) is 5.96 Å². The van der Waals surface area contributed by atoms with Crippen LogP contribution in [0.3, 0.4) is 0 Å². The molecular weight excluding hydrogens is 409 g/mol. The maximum atomic E-state index is 11.4. The van der Waals surface area contributed by atoms with E-state index in [0.717, 1.165) is 64.9 Å². The minimum Gasteiger partial charge on any atom is -0.383 e. The molecule has 8 heteroatoms. The molecule has 1 fully saturated rings. The predicted molar refractivity (Wildman–Crippen MR) is 105 cm³/mol. The average Bonchev–Trinajstić information content (AvgIpc) is 2.52. The SMILES string of the molecule is CCNC(=NCCN(C)CCOC)N1CCN(C(C)=O)CC1.I. The molecule has 1 heterocycles. The number of halogens is 1. The number of hydrogen-bond donors (Lipinski definition) is 1. The number of hydrogen-bond acceptors (Lipinski definition) is 4. The Bertz CT molecular complexity index is 360. The van der Waals surface area contributed by atoms with Crippen molar-refractivity contribution in [2.45, 2.75) is 13.8 Å². The van der Waals surface area contributed by atoms with Crippen LogP contribution in [0, 0.1) is 0 Å². The van der Waals surface area contributed by atoms with Gasteiger partial charge in [-0.25, -0.2) is 0 Å². The highest BCUT2D eigenvalue weighted by molar-refractivity contribution is 14.0. The van der Waals surface area contributed by atoms with E-state index in [9.17, 15) is 4.79 Å². The van der Waals surface area contributed by atoms with E-state index in [1.165, 1.54) is 0 Å². The molecule has 136 valence electrons. The van der Waals surface area contributed by atoms with Crippen molar-refractivity contribution in [1.82, 2.24) is 20.0 Å². The number of rotatable bonds is 7. The molecule has 0 radical (unpaired) electrons. The Kier molecular flexibility index (Phi) is 12.4. The summed E-state index contributed by atoms with van der Waals surface area (Å²) >= 11 is 0. The molecule has 1 amide bonds. The molecule has 1 rings (SSSR count). The van der Waals surface area contributed by atoms with Gasteiger partial charge in [-0.2, -0.15) is 0 Å². The monoisotopic (exact) mass is 441 g/mol. The van der Waals surface area contributed by atoms with Crippen LogP contribution in [0.25, 0.3) is 0 Å². The van der Waals surface area contributed by atoms with Gasteiger partial charge in [-0.3, -0.25) is 9.79 Å². The highest BCUT2D eigenvalue weighted by Gasteiger charge is 2.20. The van der Waals surface area contributed by atoms with Gasteiger partial charge < -0.3 is 24.8 Å². The zero-order valence-electron chi connectivity index (χ0n) is 14.9. The summed E-state index contributed by atoms with van der Waals surface area (Å²) in [5, 5.41) is 3.34. The van der Waals surface area contributed by atoms with E-state index in [4.69, 9.17) is 9.73 Å². The van der Waals surface area contributed by atoms with E-state index < -0.39 is 0 Å². The third kappa shape index (κ3) is 8.71. The number of ether oxygens (including phenoxy) is 1. The van der Waals surface area contributed by atoms with Crippen molar-refractivity contribution < 1.29 is 9.53 Å². The molecule has 0 atom stereocenters. The summed E-state index contributed by atoms with van der Waals surface area (Å²) in [6.45, 7) is 11.1. The summed E-state index contributed by atoms with van der Waals surface area (Å²) in [4.78, 5) is 22.4. The summed E-state index contributed by atoms with van der Waals surface area (Å²) < 4.78 is 5.07. The topological polar surface area (TPSA) is 60.4 Å². The number of nitrogens with zero attached hydrogens (tertiary/aromatic N) is 4. The molecule has 0 aliphatic carbocycles. The van der Waals surface area contributed by atoms with Gasteiger partial charge in [0, 0.05) is 59.8 Å². The van der Waals surface area contributed by atoms with Crippen LogP contribution in [0.15, 0.2) is 4.99 Å². The Balaban J connectivity index is 0.00000484. The summed E-state index contributed by atoms with van der Waals surface area (Å²) in [5.74, 6) is 1.10. The first-order valence-corrected chi connectivity index (χ1v) is 8.04. The predicted octanol–water partition coefficient (Wildman–Crippen LogP) is 0.312. The van der Waals surface area contributed by atoms with Gasteiger partial charge in [-0.15, -0.1) is 24.0 Å². The molecule has 1 aliphatic rings. The number of carbonyl (C=O) groups excluding carboxylic acids is 1. The van der Waals surface area contributed by atoms with E-state index in [-0.39, 0.29) is 29.9 Å². The van der Waals surface area contributed by atoms with Crippen LogP contribution >= 0.6 is 24.0 Å². The molecule has 0 bridgehead atoms. The molecule has 23 heavy (non-hydrogen) atoms. The fraction of sp³-hybridized carbons (Fsp3) is 0.867. The maximum absolute atomic E-state index is 11.4. The van der Waals surface area contributed by atoms with Crippen LogP contribution in [0.5, 0.6) is 0 Å². The Morgan fingerprint density at radius 2 is 1.83 bits per heavy atom. The molecule has 0 unspecified atom stereocenters. The van der Waals surface area contributed by atoms with Gasteiger partial charge in [0.05, 0.1) is 13.2 Å². The highest BCUT2D eigenvalue weighted by atomic mass is 127. The first kappa shape index (κ1) is 22.4. The lowest BCUT2D eigenvalue weighted by Crippen LogP contribution is -2.53. The number of amides is 1. The molecule has 0 saturated carbocycles. The van der Waals surface area contributed by atoms with E-state index >= 15 is 0 Å². The Morgan fingerprint density at radius 3 is 2.35 bits per heavy atom. The number of piperazine rings is 1. The summed E-state index contributed by atoms with van der Waals surface area (Å²) in [6.07, 6.45) is 0. The standard InChI is InChI=1S/C15H31N5O2.HI/c1-5-16-15(17-6-7-18(3)12-13-22-4)20-10-8-19(9-11-20)14(2)21;/h5-13H2,1-4H3,(H,16,17);1H. The molecular formula is C15H32IN5O2. The van der Waals surface area contributed by atoms with Gasteiger partial charge in [0.2, 0.25) is 5.91 Å². The summed E-state index contributed by atoms with van der Waals surface area (Å²) in [5.41, 5.74) is 0. The summed E-state index contributed by atoms with van der Waals surface area (Å²) in [6, 6.07) is 0. The van der Waals surface area contributed by atoms with Crippen molar-refractivity contribution in [1.29, 1.82) is 0 Å². The van der Waals surface area contributed by atoms with Crippen LogP contribution in [-0.4, -0.2) is 99.7 Å². The van der Waals surface area contributed by atoms with Crippen LogP contribution in [-0.2, 0) is 9.53 Å². The first-order valence-electron chi connectivity index (χ1n) is 8.04. The molecule has 1 N–H and O–H groups in total. The van der Waals surface area contributed by atoms with Crippen molar-refractivity contribution >= 4 is 35.8 Å². The quantitative estimate of drug-likeness (QED) is 0.350. The van der Waals surface area contributed by atoms with Crippen molar-refractivity contribution in [2.75, 3.05) is 73.1 Å². The Hall–Kier alpha value is -0.610. The van der Waals surface area contributed by atoms with Crippen molar-refractivity contribution in [3.05, 3.63) is 0 Å². The van der Waals surface area contributed by atoms with Gasteiger partial charge in [-0.1, -0.05) is 0 Å².